The van der Waals surface area contributed by atoms with E-state index in [9.17, 15) is 13.2 Å². The highest BCUT2D eigenvalue weighted by molar-refractivity contribution is 6.34. The molecule has 16 heavy (non-hydrogen) atoms. The van der Waals surface area contributed by atoms with Crippen LogP contribution in [0.15, 0.2) is 18.2 Å². The summed E-state index contributed by atoms with van der Waals surface area (Å²) in [4.78, 5) is 0. The van der Waals surface area contributed by atoms with Gasteiger partial charge in [0.2, 0.25) is 0 Å². The zero-order valence-electron chi connectivity index (χ0n) is 7.89. The Balaban J connectivity index is 0.00000225. The molecule has 2 N–H and O–H groups in total. The number of benzene rings is 1. The molecular formula is C9H9Cl3F3N. The molecule has 1 rings (SSSR count). The van der Waals surface area contributed by atoms with Gasteiger partial charge in [0.1, 0.15) is 0 Å². The van der Waals surface area contributed by atoms with E-state index in [-0.39, 0.29) is 28.0 Å². The van der Waals surface area contributed by atoms with Crippen molar-refractivity contribution in [1.29, 1.82) is 0 Å². The largest absolute Gasteiger partial charge is 0.390 e. The van der Waals surface area contributed by atoms with Crippen LogP contribution in [0.25, 0.3) is 0 Å². The zero-order valence-corrected chi connectivity index (χ0v) is 10.2. The first kappa shape index (κ1) is 15.8. The van der Waals surface area contributed by atoms with Gasteiger partial charge in [-0.05, 0) is 23.8 Å². The average Bonchev–Trinajstić information content (AvgIpc) is 1.98. The third-order valence-electron chi connectivity index (χ3n) is 1.76. The molecule has 0 amide bonds. The van der Waals surface area contributed by atoms with Crippen molar-refractivity contribution in [3.8, 4) is 0 Å². The zero-order chi connectivity index (χ0) is 11.6. The summed E-state index contributed by atoms with van der Waals surface area (Å²) in [5.41, 5.74) is 5.66. The summed E-state index contributed by atoms with van der Waals surface area (Å²) in [6.45, 7) is 0. The first-order chi connectivity index (χ1) is 6.78. The fourth-order valence-corrected chi connectivity index (χ4v) is 1.70. The highest BCUT2D eigenvalue weighted by Gasteiger charge is 2.31. The van der Waals surface area contributed by atoms with Gasteiger partial charge >= 0.3 is 6.18 Å². The van der Waals surface area contributed by atoms with E-state index in [0.717, 1.165) is 0 Å². The maximum absolute atomic E-state index is 12.0. The van der Waals surface area contributed by atoms with E-state index in [1.165, 1.54) is 18.2 Å². The molecule has 0 aliphatic carbocycles. The lowest BCUT2D eigenvalue weighted by Gasteiger charge is -2.14. The van der Waals surface area contributed by atoms with Crippen molar-refractivity contribution in [3.05, 3.63) is 33.8 Å². The van der Waals surface area contributed by atoms with Crippen LogP contribution in [0.3, 0.4) is 0 Å². The Morgan fingerprint density at radius 1 is 1.12 bits per heavy atom. The van der Waals surface area contributed by atoms with Crippen LogP contribution >= 0.6 is 35.6 Å². The quantitative estimate of drug-likeness (QED) is 0.861. The van der Waals surface area contributed by atoms with Gasteiger partial charge in [-0.15, -0.1) is 12.4 Å². The molecule has 1 aromatic carbocycles. The summed E-state index contributed by atoms with van der Waals surface area (Å²) < 4.78 is 36.1. The van der Waals surface area contributed by atoms with Crippen molar-refractivity contribution in [2.24, 2.45) is 5.73 Å². The number of hydrogen-bond donors (Lipinski definition) is 1. The SMILES string of the molecule is Cl.N[C@@H](CC(F)(F)F)c1cc(Cl)cc(Cl)c1. The summed E-state index contributed by atoms with van der Waals surface area (Å²) in [5.74, 6) is 0. The first-order valence-corrected chi connectivity index (χ1v) is 4.82. The van der Waals surface area contributed by atoms with Crippen molar-refractivity contribution >= 4 is 35.6 Å². The molecule has 0 fully saturated rings. The summed E-state index contributed by atoms with van der Waals surface area (Å²) in [5, 5.41) is 0.547. The lowest BCUT2D eigenvalue weighted by atomic mass is 10.0. The number of hydrogen-bond acceptors (Lipinski definition) is 1. The Kier molecular flexibility index (Phi) is 5.90. The van der Waals surface area contributed by atoms with Gasteiger partial charge in [0.05, 0.1) is 6.42 Å². The minimum Gasteiger partial charge on any atom is -0.324 e. The van der Waals surface area contributed by atoms with E-state index in [0.29, 0.717) is 0 Å². The van der Waals surface area contributed by atoms with E-state index in [4.69, 9.17) is 28.9 Å². The number of alkyl halides is 3. The molecule has 92 valence electrons. The standard InChI is InChI=1S/C9H8Cl2F3N.ClH/c10-6-1-5(2-7(11)3-6)8(15)4-9(12,13)14;/h1-3,8H,4,15H2;1H/t8-;/m0./s1. The third kappa shape index (κ3) is 5.25. The fourth-order valence-electron chi connectivity index (χ4n) is 1.16. The number of halogens is 6. The summed E-state index contributed by atoms with van der Waals surface area (Å²) in [6, 6.07) is 3.06. The van der Waals surface area contributed by atoms with Crippen molar-refractivity contribution in [1.82, 2.24) is 0 Å². The molecule has 0 saturated carbocycles. The molecule has 1 nitrogen and oxygen atoms in total. The molecule has 0 saturated heterocycles. The first-order valence-electron chi connectivity index (χ1n) is 4.06. The normalized spacial score (nSPS) is 13.1. The third-order valence-corrected chi connectivity index (χ3v) is 2.20. The molecule has 0 spiro atoms. The summed E-state index contributed by atoms with van der Waals surface area (Å²) >= 11 is 11.3. The molecule has 1 aromatic rings. The van der Waals surface area contributed by atoms with E-state index < -0.39 is 18.6 Å². The topological polar surface area (TPSA) is 26.0 Å². The second-order valence-corrected chi connectivity index (χ2v) is 4.00. The van der Waals surface area contributed by atoms with Gasteiger partial charge in [0, 0.05) is 16.1 Å². The average molecular weight is 295 g/mol. The van der Waals surface area contributed by atoms with E-state index in [1.807, 2.05) is 0 Å². The van der Waals surface area contributed by atoms with Crippen LogP contribution in [-0.2, 0) is 0 Å². The van der Waals surface area contributed by atoms with E-state index in [1.54, 1.807) is 0 Å². The van der Waals surface area contributed by atoms with Crippen LogP contribution in [0.2, 0.25) is 10.0 Å². The van der Waals surface area contributed by atoms with Crippen LogP contribution in [0.5, 0.6) is 0 Å². The molecule has 0 aliphatic heterocycles. The minimum absolute atomic E-state index is 0. The Morgan fingerprint density at radius 2 is 1.56 bits per heavy atom. The van der Waals surface area contributed by atoms with Crippen LogP contribution in [0, 0.1) is 0 Å². The molecular weight excluding hydrogens is 285 g/mol. The molecule has 0 bridgehead atoms. The Bertz CT molecular complexity index is 334. The maximum Gasteiger partial charge on any atom is 0.390 e. The highest BCUT2D eigenvalue weighted by Crippen LogP contribution is 2.30. The van der Waals surface area contributed by atoms with Crippen molar-refractivity contribution in [3.63, 3.8) is 0 Å². The van der Waals surface area contributed by atoms with Gasteiger partial charge in [0.15, 0.2) is 0 Å². The van der Waals surface area contributed by atoms with Crippen molar-refractivity contribution in [2.45, 2.75) is 18.6 Å². The van der Waals surface area contributed by atoms with Gasteiger partial charge in [-0.3, -0.25) is 0 Å². The number of nitrogens with two attached hydrogens (primary N) is 1. The Hall–Kier alpha value is -0.160. The molecule has 7 heteroatoms. The lowest BCUT2D eigenvalue weighted by molar-refractivity contribution is -0.138. The monoisotopic (exact) mass is 293 g/mol. The van der Waals surface area contributed by atoms with Gasteiger partial charge in [-0.25, -0.2) is 0 Å². The van der Waals surface area contributed by atoms with E-state index >= 15 is 0 Å². The maximum atomic E-state index is 12.0. The Labute approximate surface area is 107 Å². The predicted octanol–water partition coefficient (Wildman–Crippen LogP) is 4.37. The van der Waals surface area contributed by atoms with Gasteiger partial charge < -0.3 is 5.73 Å². The van der Waals surface area contributed by atoms with Crippen LogP contribution < -0.4 is 5.73 Å². The fraction of sp³-hybridized carbons (Fsp3) is 0.333. The van der Waals surface area contributed by atoms with Gasteiger partial charge in [-0.2, -0.15) is 13.2 Å². The van der Waals surface area contributed by atoms with Crippen molar-refractivity contribution in [2.75, 3.05) is 0 Å². The second kappa shape index (κ2) is 5.96. The van der Waals surface area contributed by atoms with Crippen molar-refractivity contribution < 1.29 is 13.2 Å². The van der Waals surface area contributed by atoms with Gasteiger partial charge in [0.25, 0.3) is 0 Å². The van der Waals surface area contributed by atoms with E-state index in [2.05, 4.69) is 0 Å². The molecule has 0 unspecified atom stereocenters. The molecule has 0 aliphatic rings. The smallest absolute Gasteiger partial charge is 0.324 e. The highest BCUT2D eigenvalue weighted by atomic mass is 35.5. The van der Waals surface area contributed by atoms with Crippen LogP contribution in [0.1, 0.15) is 18.0 Å². The second-order valence-electron chi connectivity index (χ2n) is 3.13. The molecule has 0 aromatic heterocycles. The Morgan fingerprint density at radius 3 is 1.94 bits per heavy atom. The van der Waals surface area contributed by atoms with Crippen LogP contribution in [-0.4, -0.2) is 6.18 Å². The number of rotatable bonds is 2. The van der Waals surface area contributed by atoms with Gasteiger partial charge in [-0.1, -0.05) is 23.2 Å². The molecule has 0 heterocycles. The van der Waals surface area contributed by atoms with Crippen LogP contribution in [0.4, 0.5) is 13.2 Å². The molecule has 1 atom stereocenters. The molecule has 0 radical (unpaired) electrons. The lowest BCUT2D eigenvalue weighted by Crippen LogP contribution is -2.20. The summed E-state index contributed by atoms with van der Waals surface area (Å²) in [7, 11) is 0. The minimum atomic E-state index is -4.30. The summed E-state index contributed by atoms with van der Waals surface area (Å²) in [6.07, 6.45) is -5.39. The predicted molar refractivity (Wildman–Crippen MR) is 61.3 cm³/mol.